The number of aliphatic carboxylic acids is 1. The third-order valence-corrected chi connectivity index (χ3v) is 2.18. The van der Waals surface area contributed by atoms with Crippen molar-refractivity contribution in [1.29, 1.82) is 0 Å². The molecule has 1 rings (SSSR count). The molecule has 0 saturated heterocycles. The minimum absolute atomic E-state index is 0.186. The van der Waals surface area contributed by atoms with Crippen LogP contribution in [0.1, 0.15) is 25.7 Å². The summed E-state index contributed by atoms with van der Waals surface area (Å²) >= 11 is 0. The second-order valence-electron chi connectivity index (χ2n) is 3.02. The molecule has 1 aliphatic rings. The van der Waals surface area contributed by atoms with E-state index in [-0.39, 0.29) is 12.8 Å². The predicted octanol–water partition coefficient (Wildman–Crippen LogP) is 1.99. The molecule has 0 aromatic heterocycles. The number of alkyl halides is 3. The van der Waals surface area contributed by atoms with Gasteiger partial charge in [-0.05, 0) is 19.3 Å². The van der Waals surface area contributed by atoms with E-state index in [4.69, 9.17) is 5.11 Å². The second-order valence-corrected chi connectivity index (χ2v) is 3.02. The lowest BCUT2D eigenvalue weighted by Gasteiger charge is -2.33. The van der Waals surface area contributed by atoms with Gasteiger partial charge >= 0.3 is 5.97 Å². The van der Waals surface area contributed by atoms with Crippen molar-refractivity contribution in [2.24, 2.45) is 0 Å². The number of hydrogen-bond acceptors (Lipinski definition) is 1. The van der Waals surface area contributed by atoms with Gasteiger partial charge in [0.25, 0.3) is 11.6 Å². The van der Waals surface area contributed by atoms with Crippen LogP contribution in [-0.4, -0.2) is 22.7 Å². The third-order valence-electron chi connectivity index (χ3n) is 2.18. The van der Waals surface area contributed by atoms with Crippen molar-refractivity contribution in [3.8, 4) is 0 Å². The Labute approximate surface area is 67.4 Å². The molecule has 0 heterocycles. The van der Waals surface area contributed by atoms with Crippen LogP contribution in [0.3, 0.4) is 0 Å². The monoisotopic (exact) mass is 182 g/mol. The first-order valence-electron chi connectivity index (χ1n) is 3.70. The lowest BCUT2D eigenvalue weighted by Crippen LogP contribution is -2.52. The summed E-state index contributed by atoms with van der Waals surface area (Å²) in [7, 11) is 0. The summed E-state index contributed by atoms with van der Waals surface area (Å²) < 4.78 is 38.6. The molecule has 0 aliphatic heterocycles. The van der Waals surface area contributed by atoms with Gasteiger partial charge in [0.1, 0.15) is 0 Å². The van der Waals surface area contributed by atoms with Crippen molar-refractivity contribution in [2.45, 2.75) is 37.3 Å². The van der Waals surface area contributed by atoms with Crippen LogP contribution >= 0.6 is 0 Å². The molecule has 2 nitrogen and oxygen atoms in total. The summed E-state index contributed by atoms with van der Waals surface area (Å²) in [5.41, 5.74) is -3.34. The zero-order chi connectivity index (χ0) is 9.41. The first kappa shape index (κ1) is 9.35. The highest BCUT2D eigenvalue weighted by molar-refractivity contribution is 5.79. The molecular formula is C7H9F3O2. The first-order chi connectivity index (χ1) is 5.40. The maximum absolute atomic E-state index is 13.1. The molecule has 0 aromatic rings. The van der Waals surface area contributed by atoms with Gasteiger partial charge in [0, 0.05) is 6.42 Å². The maximum atomic E-state index is 13.1. The topological polar surface area (TPSA) is 37.3 Å². The average molecular weight is 182 g/mol. The minimum atomic E-state index is -3.71. The zero-order valence-corrected chi connectivity index (χ0v) is 6.32. The van der Waals surface area contributed by atoms with Gasteiger partial charge in [-0.1, -0.05) is 0 Å². The van der Waals surface area contributed by atoms with Crippen molar-refractivity contribution in [2.75, 3.05) is 0 Å². The number of halogens is 3. The van der Waals surface area contributed by atoms with Crippen molar-refractivity contribution in [1.82, 2.24) is 0 Å². The normalized spacial score (nSPS) is 34.6. The lowest BCUT2D eigenvalue weighted by molar-refractivity contribution is -0.195. The standard InChI is InChI=1S/C7H9F3O2/c8-6(5(11)12)3-1-2-4-7(6,9)10/h1-4H2,(H,11,12)/t6-/m0/s1. The van der Waals surface area contributed by atoms with Gasteiger partial charge < -0.3 is 5.11 Å². The van der Waals surface area contributed by atoms with Crippen LogP contribution in [0.4, 0.5) is 13.2 Å². The van der Waals surface area contributed by atoms with Gasteiger partial charge in [-0.3, -0.25) is 0 Å². The van der Waals surface area contributed by atoms with Crippen LogP contribution in [0.5, 0.6) is 0 Å². The van der Waals surface area contributed by atoms with E-state index in [1.807, 2.05) is 0 Å². The fraction of sp³-hybridized carbons (Fsp3) is 0.857. The summed E-state index contributed by atoms with van der Waals surface area (Å²) in [6, 6.07) is 0. The number of rotatable bonds is 1. The molecule has 1 saturated carbocycles. The van der Waals surface area contributed by atoms with Crippen molar-refractivity contribution in [3.63, 3.8) is 0 Å². The van der Waals surface area contributed by atoms with Crippen LogP contribution < -0.4 is 0 Å². The van der Waals surface area contributed by atoms with Crippen molar-refractivity contribution in [3.05, 3.63) is 0 Å². The van der Waals surface area contributed by atoms with E-state index in [1.165, 1.54) is 0 Å². The summed E-state index contributed by atoms with van der Waals surface area (Å²) in [6.07, 6.45) is -0.866. The zero-order valence-electron chi connectivity index (χ0n) is 6.32. The van der Waals surface area contributed by atoms with Crippen LogP contribution in [0, 0.1) is 0 Å². The fourth-order valence-electron chi connectivity index (χ4n) is 1.36. The van der Waals surface area contributed by atoms with Crippen LogP contribution in [0.15, 0.2) is 0 Å². The van der Waals surface area contributed by atoms with E-state index in [0.717, 1.165) is 0 Å². The minimum Gasteiger partial charge on any atom is -0.479 e. The molecule has 0 radical (unpaired) electrons. The summed E-state index contributed by atoms with van der Waals surface area (Å²) in [6.45, 7) is 0. The van der Waals surface area contributed by atoms with E-state index in [2.05, 4.69) is 0 Å². The number of carboxylic acid groups (broad SMARTS) is 1. The van der Waals surface area contributed by atoms with E-state index in [9.17, 15) is 18.0 Å². The van der Waals surface area contributed by atoms with E-state index in [0.29, 0.717) is 0 Å². The fourth-order valence-corrected chi connectivity index (χ4v) is 1.36. The summed E-state index contributed by atoms with van der Waals surface area (Å²) in [5.74, 6) is -5.76. The first-order valence-corrected chi connectivity index (χ1v) is 3.70. The van der Waals surface area contributed by atoms with Gasteiger partial charge in [0.2, 0.25) is 0 Å². The van der Waals surface area contributed by atoms with Crippen LogP contribution in [0.2, 0.25) is 0 Å². The molecule has 1 N–H and O–H groups in total. The average Bonchev–Trinajstić information content (AvgIpc) is 1.95. The molecule has 0 amide bonds. The third kappa shape index (κ3) is 1.17. The number of carboxylic acids is 1. The Hall–Kier alpha value is -0.740. The molecule has 1 atom stereocenters. The highest BCUT2D eigenvalue weighted by Gasteiger charge is 2.61. The molecule has 70 valence electrons. The smallest absolute Gasteiger partial charge is 0.347 e. The SMILES string of the molecule is O=C(O)[C@@]1(F)CCCCC1(F)F. The molecular weight excluding hydrogens is 173 g/mol. The Bertz CT molecular complexity index is 205. The van der Waals surface area contributed by atoms with Crippen LogP contribution in [0.25, 0.3) is 0 Å². The Kier molecular flexibility index (Phi) is 2.06. The van der Waals surface area contributed by atoms with E-state index < -0.39 is 30.4 Å². The summed E-state index contributed by atoms with van der Waals surface area (Å²) in [5, 5.41) is 8.28. The lowest BCUT2D eigenvalue weighted by atomic mass is 9.83. The summed E-state index contributed by atoms with van der Waals surface area (Å²) in [4.78, 5) is 10.2. The quantitative estimate of drug-likeness (QED) is 0.673. The largest absolute Gasteiger partial charge is 0.479 e. The molecule has 0 unspecified atom stereocenters. The van der Waals surface area contributed by atoms with Gasteiger partial charge in [0.05, 0.1) is 0 Å². The molecule has 12 heavy (non-hydrogen) atoms. The Morgan fingerprint density at radius 3 is 2.00 bits per heavy atom. The molecule has 1 fully saturated rings. The predicted molar refractivity (Wildman–Crippen MR) is 34.9 cm³/mol. The Balaban J connectivity index is 2.91. The van der Waals surface area contributed by atoms with Gasteiger partial charge in [-0.15, -0.1) is 0 Å². The van der Waals surface area contributed by atoms with E-state index in [1.54, 1.807) is 0 Å². The molecule has 0 bridgehead atoms. The number of hydrogen-bond donors (Lipinski definition) is 1. The van der Waals surface area contributed by atoms with Gasteiger partial charge in [-0.25, -0.2) is 18.0 Å². The highest BCUT2D eigenvalue weighted by Crippen LogP contribution is 2.44. The highest BCUT2D eigenvalue weighted by atomic mass is 19.3. The van der Waals surface area contributed by atoms with Gasteiger partial charge in [0.15, 0.2) is 0 Å². The molecule has 1 aliphatic carbocycles. The Morgan fingerprint density at radius 1 is 1.17 bits per heavy atom. The van der Waals surface area contributed by atoms with Gasteiger partial charge in [-0.2, -0.15) is 0 Å². The Morgan fingerprint density at radius 2 is 1.67 bits per heavy atom. The van der Waals surface area contributed by atoms with Crippen LogP contribution in [-0.2, 0) is 4.79 Å². The second kappa shape index (κ2) is 2.64. The molecule has 0 aromatic carbocycles. The maximum Gasteiger partial charge on any atom is 0.347 e. The molecule has 5 heteroatoms. The van der Waals surface area contributed by atoms with Crippen molar-refractivity contribution >= 4 is 5.97 Å². The molecule has 0 spiro atoms. The number of carbonyl (C=O) groups is 1. The van der Waals surface area contributed by atoms with E-state index >= 15 is 0 Å². The van der Waals surface area contributed by atoms with Crippen molar-refractivity contribution < 1.29 is 23.1 Å².